The molecular weight excluding hydrogens is 516 g/mol. The van der Waals surface area contributed by atoms with Crippen LogP contribution in [-0.4, -0.2) is 68.5 Å². The van der Waals surface area contributed by atoms with Crippen molar-refractivity contribution in [3.63, 3.8) is 0 Å². The van der Waals surface area contributed by atoms with Crippen molar-refractivity contribution in [1.29, 1.82) is 5.26 Å². The largest absolute Gasteiger partial charge is 0.489 e. The summed E-state index contributed by atoms with van der Waals surface area (Å²) in [5, 5.41) is 38.4. The second-order valence-electron chi connectivity index (χ2n) is 8.40. The van der Waals surface area contributed by atoms with Gasteiger partial charge in [-0.25, -0.2) is 0 Å². The SMILES string of the molecule is COCCOCCOc1cc(C(N)=O)cc([N+](=O)[O-])c1NCCC[C@H]1COc2cc(C#N)cc([N+](=O)[O-])c2N1. The highest BCUT2D eigenvalue weighted by Crippen LogP contribution is 2.39. The Kier molecular flexibility index (Phi) is 10.2. The first-order chi connectivity index (χ1) is 18.7. The van der Waals surface area contributed by atoms with Gasteiger partial charge < -0.3 is 35.3 Å². The number of nitro benzene ring substituents is 2. The molecule has 0 spiro atoms. The molecule has 0 aliphatic carbocycles. The lowest BCUT2D eigenvalue weighted by Crippen LogP contribution is -2.32. The lowest BCUT2D eigenvalue weighted by Gasteiger charge is -2.27. The predicted molar refractivity (Wildman–Crippen MR) is 138 cm³/mol. The molecule has 0 saturated carbocycles. The molecule has 2 aromatic carbocycles. The number of methoxy groups -OCH3 is 1. The zero-order valence-corrected chi connectivity index (χ0v) is 21.1. The molecule has 0 fully saturated rings. The molecule has 208 valence electrons. The predicted octanol–water partition coefficient (Wildman–Crippen LogP) is 2.58. The lowest BCUT2D eigenvalue weighted by molar-refractivity contribution is -0.384. The van der Waals surface area contributed by atoms with Gasteiger partial charge in [-0.1, -0.05) is 0 Å². The quantitative estimate of drug-likeness (QED) is 0.168. The topological polar surface area (TPSA) is 214 Å². The van der Waals surface area contributed by atoms with Gasteiger partial charge in [0.25, 0.3) is 11.4 Å². The Labute approximate surface area is 223 Å². The molecule has 1 amide bonds. The molecule has 1 atom stereocenters. The van der Waals surface area contributed by atoms with Gasteiger partial charge in [0, 0.05) is 37.4 Å². The zero-order valence-electron chi connectivity index (χ0n) is 21.1. The van der Waals surface area contributed by atoms with E-state index in [1.54, 1.807) is 0 Å². The number of nitrogens with one attached hydrogen (secondary N) is 2. The summed E-state index contributed by atoms with van der Waals surface area (Å²) in [5.74, 6) is -0.538. The van der Waals surface area contributed by atoms with E-state index in [9.17, 15) is 25.0 Å². The number of nitrogens with two attached hydrogens (primary N) is 1. The van der Waals surface area contributed by atoms with Crippen molar-refractivity contribution in [1.82, 2.24) is 0 Å². The Hall–Kier alpha value is -4.68. The van der Waals surface area contributed by atoms with E-state index in [4.69, 9.17) is 29.9 Å². The van der Waals surface area contributed by atoms with Gasteiger partial charge in [-0.15, -0.1) is 0 Å². The molecule has 0 unspecified atom stereocenters. The van der Waals surface area contributed by atoms with E-state index in [0.29, 0.717) is 26.1 Å². The van der Waals surface area contributed by atoms with Gasteiger partial charge in [-0.2, -0.15) is 5.26 Å². The normalized spacial score (nSPS) is 13.8. The number of nitro groups is 2. The summed E-state index contributed by atoms with van der Waals surface area (Å²) in [6.45, 7) is 1.48. The number of hydrogen-bond acceptors (Lipinski definition) is 12. The van der Waals surface area contributed by atoms with Crippen LogP contribution in [-0.2, 0) is 9.47 Å². The number of primary amides is 1. The molecule has 2 aromatic rings. The molecular formula is C24H28N6O9. The maximum Gasteiger partial charge on any atom is 0.297 e. The Bertz CT molecular complexity index is 1260. The summed E-state index contributed by atoms with van der Waals surface area (Å²) in [6.07, 6.45) is 0.995. The molecule has 39 heavy (non-hydrogen) atoms. The van der Waals surface area contributed by atoms with Crippen LogP contribution in [0.5, 0.6) is 11.5 Å². The van der Waals surface area contributed by atoms with E-state index in [1.165, 1.54) is 25.3 Å². The van der Waals surface area contributed by atoms with Gasteiger partial charge >= 0.3 is 0 Å². The number of benzene rings is 2. The monoisotopic (exact) mass is 544 g/mol. The van der Waals surface area contributed by atoms with Crippen LogP contribution in [0.3, 0.4) is 0 Å². The van der Waals surface area contributed by atoms with Crippen LogP contribution in [0.1, 0.15) is 28.8 Å². The Balaban J connectivity index is 1.66. The van der Waals surface area contributed by atoms with E-state index >= 15 is 0 Å². The molecule has 15 nitrogen and oxygen atoms in total. The highest BCUT2D eigenvalue weighted by atomic mass is 16.6. The molecule has 3 rings (SSSR count). The van der Waals surface area contributed by atoms with E-state index < -0.39 is 15.8 Å². The first-order valence-electron chi connectivity index (χ1n) is 11.9. The summed E-state index contributed by atoms with van der Waals surface area (Å²) < 4.78 is 21.6. The second-order valence-corrected chi connectivity index (χ2v) is 8.40. The average Bonchev–Trinajstić information content (AvgIpc) is 2.92. The molecule has 0 radical (unpaired) electrons. The molecule has 15 heteroatoms. The minimum absolute atomic E-state index is 0.0623. The number of carbonyl (C=O) groups excluding carboxylic acids is 1. The van der Waals surface area contributed by atoms with Gasteiger partial charge in [0.15, 0.2) is 17.1 Å². The minimum Gasteiger partial charge on any atom is -0.489 e. The summed E-state index contributed by atoms with van der Waals surface area (Å²) in [5.41, 5.74) is 5.03. The minimum atomic E-state index is -0.842. The second kappa shape index (κ2) is 13.7. The third-order valence-electron chi connectivity index (χ3n) is 5.71. The standard InChI is InChI=1S/C24H28N6O9/c1-36-5-6-37-7-8-38-21-12-16(24(26)31)11-19(30(34)35)22(21)27-4-2-3-17-14-39-20-10-15(13-25)9-18(29(32)33)23(20)28-17/h9-12,17,27-28H,2-8,14H2,1H3,(H2,26,31)/t17-/m0/s1. The summed E-state index contributed by atoms with van der Waals surface area (Å²) in [4.78, 5) is 33.7. The number of anilines is 2. The van der Waals surface area contributed by atoms with E-state index in [0.717, 1.165) is 6.07 Å². The highest BCUT2D eigenvalue weighted by Gasteiger charge is 2.28. The Morgan fingerprint density at radius 3 is 2.59 bits per heavy atom. The van der Waals surface area contributed by atoms with E-state index in [2.05, 4.69) is 10.6 Å². The smallest absolute Gasteiger partial charge is 0.297 e. The lowest BCUT2D eigenvalue weighted by atomic mass is 10.1. The molecule has 0 aromatic heterocycles. The van der Waals surface area contributed by atoms with Crippen molar-refractivity contribution < 1.29 is 33.6 Å². The van der Waals surface area contributed by atoms with Gasteiger partial charge in [0.05, 0.1) is 47.3 Å². The number of nitrogens with zero attached hydrogens (tertiary/aromatic N) is 3. The van der Waals surface area contributed by atoms with Gasteiger partial charge in [-0.3, -0.25) is 25.0 Å². The summed E-state index contributed by atoms with van der Waals surface area (Å²) in [6, 6.07) is 6.62. The maximum atomic E-state index is 11.7. The molecule has 1 aliphatic heterocycles. The van der Waals surface area contributed by atoms with Crippen LogP contribution < -0.4 is 25.8 Å². The van der Waals surface area contributed by atoms with E-state index in [-0.39, 0.29) is 77.8 Å². The third-order valence-corrected chi connectivity index (χ3v) is 5.71. The molecule has 0 saturated heterocycles. The van der Waals surface area contributed by atoms with Crippen molar-refractivity contribution >= 4 is 28.7 Å². The average molecular weight is 545 g/mol. The fourth-order valence-electron chi connectivity index (χ4n) is 3.86. The zero-order chi connectivity index (χ0) is 28.4. The van der Waals surface area contributed by atoms with Crippen LogP contribution in [0.15, 0.2) is 24.3 Å². The molecule has 1 heterocycles. The van der Waals surface area contributed by atoms with E-state index in [1.807, 2.05) is 6.07 Å². The number of ether oxygens (including phenoxy) is 4. The van der Waals surface area contributed by atoms with Crippen molar-refractivity contribution in [2.24, 2.45) is 5.73 Å². The van der Waals surface area contributed by atoms with Gasteiger partial charge in [-0.05, 0) is 18.9 Å². The van der Waals surface area contributed by atoms with Gasteiger partial charge in [0.2, 0.25) is 5.91 Å². The van der Waals surface area contributed by atoms with Crippen molar-refractivity contribution in [3.05, 3.63) is 55.6 Å². The van der Waals surface area contributed by atoms with Gasteiger partial charge in [0.1, 0.15) is 19.0 Å². The number of carbonyl (C=O) groups is 1. The number of rotatable bonds is 15. The summed E-state index contributed by atoms with van der Waals surface area (Å²) >= 11 is 0. The molecule has 1 aliphatic rings. The number of fused-ring (bicyclic) bond motifs is 1. The van der Waals surface area contributed by atoms with Crippen molar-refractivity contribution in [2.75, 3.05) is 57.3 Å². The Morgan fingerprint density at radius 1 is 1.18 bits per heavy atom. The van der Waals surface area contributed by atoms with Crippen LogP contribution >= 0.6 is 0 Å². The van der Waals surface area contributed by atoms with Crippen LogP contribution in [0.2, 0.25) is 0 Å². The van der Waals surface area contributed by atoms with Crippen molar-refractivity contribution in [3.8, 4) is 17.6 Å². The number of nitriles is 1. The number of hydrogen-bond donors (Lipinski definition) is 3. The third kappa shape index (κ3) is 7.66. The maximum absolute atomic E-state index is 11.7. The Morgan fingerprint density at radius 2 is 1.92 bits per heavy atom. The summed E-state index contributed by atoms with van der Waals surface area (Å²) in [7, 11) is 1.54. The molecule has 0 bridgehead atoms. The van der Waals surface area contributed by atoms with Crippen LogP contribution in [0.25, 0.3) is 0 Å². The molecule has 4 N–H and O–H groups in total. The van der Waals surface area contributed by atoms with Crippen LogP contribution in [0, 0.1) is 31.6 Å². The number of amides is 1. The first kappa shape index (κ1) is 28.9. The fourth-order valence-corrected chi connectivity index (χ4v) is 3.86. The van der Waals surface area contributed by atoms with Crippen LogP contribution in [0.4, 0.5) is 22.7 Å². The highest BCUT2D eigenvalue weighted by molar-refractivity contribution is 5.95. The first-order valence-corrected chi connectivity index (χ1v) is 11.9. The fraction of sp³-hybridized carbons (Fsp3) is 0.417. The van der Waals surface area contributed by atoms with Crippen molar-refractivity contribution in [2.45, 2.75) is 18.9 Å².